The summed E-state index contributed by atoms with van der Waals surface area (Å²) in [6, 6.07) is 3.49. The summed E-state index contributed by atoms with van der Waals surface area (Å²) in [6.45, 7) is 6.30. The van der Waals surface area contributed by atoms with Gasteiger partial charge in [0.25, 0.3) is 5.91 Å². The number of carbonyl (C=O) groups is 2. The Hall–Kier alpha value is -2.11. The second-order valence-corrected chi connectivity index (χ2v) is 7.50. The van der Waals surface area contributed by atoms with Gasteiger partial charge >= 0.3 is 0 Å². The van der Waals surface area contributed by atoms with Crippen LogP contribution in [0.2, 0.25) is 0 Å². The molecule has 2 heterocycles. The number of pyridine rings is 1. The average Bonchev–Trinajstić information content (AvgIpc) is 2.68. The number of hydrogen-bond acceptors (Lipinski definition) is 4. The van der Waals surface area contributed by atoms with Crippen molar-refractivity contribution in [3.8, 4) is 5.88 Å². The third kappa shape index (κ3) is 4.54. The van der Waals surface area contributed by atoms with Gasteiger partial charge in [-0.3, -0.25) is 9.59 Å². The molecule has 0 unspecified atom stereocenters. The predicted molar refractivity (Wildman–Crippen MR) is 99.1 cm³/mol. The molecule has 1 aliphatic carbocycles. The Balaban J connectivity index is 1.52. The van der Waals surface area contributed by atoms with Crippen molar-refractivity contribution in [3.63, 3.8) is 0 Å². The molecular weight excluding hydrogens is 330 g/mol. The van der Waals surface area contributed by atoms with Crippen LogP contribution < -0.4 is 4.74 Å². The van der Waals surface area contributed by atoms with Gasteiger partial charge in [-0.05, 0) is 32.8 Å². The summed E-state index contributed by atoms with van der Waals surface area (Å²) in [6.07, 6.45) is 7.25. The summed E-state index contributed by atoms with van der Waals surface area (Å²) in [5.41, 5.74) is 0.563. The lowest BCUT2D eigenvalue weighted by Gasteiger charge is -2.37. The molecule has 1 saturated heterocycles. The predicted octanol–water partition coefficient (Wildman–Crippen LogP) is 2.73. The number of piperazine rings is 1. The van der Waals surface area contributed by atoms with Crippen molar-refractivity contribution in [2.45, 2.75) is 52.1 Å². The van der Waals surface area contributed by atoms with Gasteiger partial charge in [0.05, 0.1) is 11.7 Å². The number of nitrogens with zero attached hydrogens (tertiary/aromatic N) is 3. The number of rotatable bonds is 4. The first kappa shape index (κ1) is 18.7. The molecule has 0 radical (unpaired) electrons. The van der Waals surface area contributed by atoms with Gasteiger partial charge in [0, 0.05) is 44.4 Å². The van der Waals surface area contributed by atoms with Gasteiger partial charge in [-0.1, -0.05) is 19.3 Å². The fraction of sp³-hybridized carbons (Fsp3) is 0.650. The van der Waals surface area contributed by atoms with E-state index >= 15 is 0 Å². The highest BCUT2D eigenvalue weighted by atomic mass is 16.5. The van der Waals surface area contributed by atoms with Gasteiger partial charge in [-0.2, -0.15) is 0 Å². The molecule has 26 heavy (non-hydrogen) atoms. The molecule has 0 spiro atoms. The van der Waals surface area contributed by atoms with Crippen LogP contribution in [0.15, 0.2) is 18.3 Å². The van der Waals surface area contributed by atoms with E-state index in [0.717, 1.165) is 12.8 Å². The van der Waals surface area contributed by atoms with Crippen molar-refractivity contribution in [1.29, 1.82) is 0 Å². The number of aromatic nitrogens is 1. The second-order valence-electron chi connectivity index (χ2n) is 7.50. The summed E-state index contributed by atoms with van der Waals surface area (Å²) in [7, 11) is 0. The summed E-state index contributed by atoms with van der Waals surface area (Å²) in [5.74, 6) is 0.982. The monoisotopic (exact) mass is 359 g/mol. The maximum atomic E-state index is 12.7. The third-order valence-electron chi connectivity index (χ3n) is 5.17. The van der Waals surface area contributed by atoms with E-state index in [0.29, 0.717) is 37.6 Å². The Bertz CT molecular complexity index is 616. The molecule has 6 heteroatoms. The Morgan fingerprint density at radius 3 is 2.27 bits per heavy atom. The minimum atomic E-state index is -0.0293. The molecule has 2 amide bonds. The minimum absolute atomic E-state index is 0.0293. The zero-order valence-corrected chi connectivity index (χ0v) is 15.8. The van der Waals surface area contributed by atoms with Crippen molar-refractivity contribution in [3.05, 3.63) is 23.9 Å². The number of amides is 2. The van der Waals surface area contributed by atoms with Crippen molar-refractivity contribution in [2.75, 3.05) is 26.2 Å². The van der Waals surface area contributed by atoms with Gasteiger partial charge in [0.2, 0.25) is 11.8 Å². The van der Waals surface area contributed by atoms with Crippen LogP contribution in [-0.4, -0.2) is 58.9 Å². The van der Waals surface area contributed by atoms with Crippen LogP contribution in [0.1, 0.15) is 56.3 Å². The molecule has 0 atom stereocenters. The largest absolute Gasteiger partial charge is 0.475 e. The van der Waals surface area contributed by atoms with E-state index < -0.39 is 0 Å². The molecular formula is C20H29N3O3. The second kappa shape index (κ2) is 8.52. The Kier molecular flexibility index (Phi) is 6.12. The van der Waals surface area contributed by atoms with E-state index in [2.05, 4.69) is 4.98 Å². The van der Waals surface area contributed by atoms with Crippen LogP contribution in [0.5, 0.6) is 5.88 Å². The molecule has 6 nitrogen and oxygen atoms in total. The third-order valence-corrected chi connectivity index (χ3v) is 5.17. The highest BCUT2D eigenvalue weighted by Gasteiger charge is 2.30. The molecule has 0 aromatic carbocycles. The lowest BCUT2D eigenvalue weighted by atomic mass is 9.88. The summed E-state index contributed by atoms with van der Waals surface area (Å²) < 4.78 is 5.51. The maximum absolute atomic E-state index is 12.7. The molecule has 1 saturated carbocycles. The lowest BCUT2D eigenvalue weighted by molar-refractivity contribution is -0.138. The van der Waals surface area contributed by atoms with Gasteiger partial charge in [-0.25, -0.2) is 4.98 Å². The van der Waals surface area contributed by atoms with Gasteiger partial charge in [0.15, 0.2) is 0 Å². The maximum Gasteiger partial charge on any atom is 0.255 e. The van der Waals surface area contributed by atoms with E-state index in [4.69, 9.17) is 4.74 Å². The summed E-state index contributed by atoms with van der Waals surface area (Å²) in [4.78, 5) is 33.2. The zero-order valence-electron chi connectivity index (χ0n) is 15.8. The Labute approximate surface area is 155 Å². The highest BCUT2D eigenvalue weighted by Crippen LogP contribution is 2.26. The van der Waals surface area contributed by atoms with Crippen LogP contribution in [0, 0.1) is 5.92 Å². The molecule has 1 aliphatic heterocycles. The van der Waals surface area contributed by atoms with Gasteiger partial charge in [-0.15, -0.1) is 0 Å². The topological polar surface area (TPSA) is 62.7 Å². The van der Waals surface area contributed by atoms with Crippen LogP contribution in [-0.2, 0) is 4.79 Å². The van der Waals surface area contributed by atoms with E-state index in [1.165, 1.54) is 19.3 Å². The number of ether oxygens (including phenoxy) is 1. The molecule has 1 aromatic heterocycles. The zero-order chi connectivity index (χ0) is 18.5. The first-order valence-corrected chi connectivity index (χ1v) is 9.75. The molecule has 0 bridgehead atoms. The van der Waals surface area contributed by atoms with Gasteiger partial charge in [0.1, 0.15) is 0 Å². The quantitative estimate of drug-likeness (QED) is 0.829. The molecule has 0 N–H and O–H groups in total. The first-order valence-electron chi connectivity index (χ1n) is 9.75. The first-order chi connectivity index (χ1) is 12.5. The molecule has 3 rings (SSSR count). The molecule has 142 valence electrons. The minimum Gasteiger partial charge on any atom is -0.475 e. The van der Waals surface area contributed by atoms with Crippen LogP contribution in [0.25, 0.3) is 0 Å². The van der Waals surface area contributed by atoms with Crippen LogP contribution in [0.3, 0.4) is 0 Å². The smallest absolute Gasteiger partial charge is 0.255 e. The van der Waals surface area contributed by atoms with Crippen LogP contribution >= 0.6 is 0 Å². The number of hydrogen-bond donors (Lipinski definition) is 0. The average molecular weight is 359 g/mol. The molecule has 1 aromatic rings. The Morgan fingerprint density at radius 2 is 1.69 bits per heavy atom. The molecule has 2 fully saturated rings. The standard InChI is InChI=1S/C20H29N3O3/c1-15(2)26-18-9-8-17(14-21-18)20(25)23-12-10-22(11-13-23)19(24)16-6-4-3-5-7-16/h8-9,14-16H,3-7,10-13H2,1-2H3. The van der Waals surface area contributed by atoms with Crippen molar-refractivity contribution >= 4 is 11.8 Å². The molecule has 2 aliphatic rings. The fourth-order valence-electron chi connectivity index (χ4n) is 3.74. The summed E-state index contributed by atoms with van der Waals surface area (Å²) >= 11 is 0. The van der Waals surface area contributed by atoms with Crippen molar-refractivity contribution < 1.29 is 14.3 Å². The highest BCUT2D eigenvalue weighted by molar-refractivity contribution is 5.94. The fourth-order valence-corrected chi connectivity index (χ4v) is 3.74. The van der Waals surface area contributed by atoms with Crippen molar-refractivity contribution in [2.24, 2.45) is 5.92 Å². The van der Waals surface area contributed by atoms with E-state index in [-0.39, 0.29) is 23.8 Å². The SMILES string of the molecule is CC(C)Oc1ccc(C(=O)N2CCN(C(=O)C3CCCCC3)CC2)cn1. The van der Waals surface area contributed by atoms with E-state index in [1.807, 2.05) is 23.6 Å². The normalized spacial score (nSPS) is 18.9. The number of carbonyl (C=O) groups excluding carboxylic acids is 2. The van der Waals surface area contributed by atoms with Crippen LogP contribution in [0.4, 0.5) is 0 Å². The summed E-state index contributed by atoms with van der Waals surface area (Å²) in [5, 5.41) is 0. The van der Waals surface area contributed by atoms with Crippen molar-refractivity contribution in [1.82, 2.24) is 14.8 Å². The Morgan fingerprint density at radius 1 is 1.04 bits per heavy atom. The van der Waals surface area contributed by atoms with E-state index in [1.54, 1.807) is 18.3 Å². The lowest BCUT2D eigenvalue weighted by Crippen LogP contribution is -2.52. The van der Waals surface area contributed by atoms with E-state index in [9.17, 15) is 9.59 Å². The van der Waals surface area contributed by atoms with Gasteiger partial charge < -0.3 is 14.5 Å².